The number of phenols is 1. The van der Waals surface area contributed by atoms with Gasteiger partial charge in [0.1, 0.15) is 5.75 Å². The Balaban J connectivity index is 3.39. The van der Waals surface area contributed by atoms with Crippen LogP contribution in [0.15, 0.2) is 12.1 Å². The molecule has 1 rings (SSSR count). The number of hydrogen-bond donors (Lipinski definition) is 2. The lowest BCUT2D eigenvalue weighted by atomic mass is 9.95. The number of aliphatic hydroxyl groups is 1. The van der Waals surface area contributed by atoms with Crippen LogP contribution in [-0.4, -0.2) is 16.8 Å². The molecular formula is C10H10ClF3O2. The molecule has 1 aromatic rings. The van der Waals surface area contributed by atoms with Crippen LogP contribution in [0.5, 0.6) is 5.75 Å². The van der Waals surface area contributed by atoms with E-state index in [1.54, 1.807) is 0 Å². The van der Waals surface area contributed by atoms with Gasteiger partial charge in [0.25, 0.3) is 0 Å². The van der Waals surface area contributed by atoms with Crippen LogP contribution in [0.3, 0.4) is 0 Å². The highest BCUT2D eigenvalue weighted by molar-refractivity contribution is 6.32. The summed E-state index contributed by atoms with van der Waals surface area (Å²) in [6, 6.07) is 1.60. The quantitative estimate of drug-likeness (QED) is 0.851. The molecule has 0 bridgehead atoms. The first-order valence-electron chi connectivity index (χ1n) is 4.47. The molecule has 0 spiro atoms. The van der Waals surface area contributed by atoms with Crippen LogP contribution in [-0.2, 0) is 6.18 Å². The van der Waals surface area contributed by atoms with Crippen LogP contribution in [0.1, 0.15) is 24.0 Å². The van der Waals surface area contributed by atoms with Gasteiger partial charge in [-0.25, -0.2) is 0 Å². The lowest BCUT2D eigenvalue weighted by Gasteiger charge is -2.17. The van der Waals surface area contributed by atoms with Crippen LogP contribution >= 0.6 is 11.6 Å². The molecule has 0 heterocycles. The van der Waals surface area contributed by atoms with Crippen molar-refractivity contribution in [1.29, 1.82) is 0 Å². The van der Waals surface area contributed by atoms with E-state index in [9.17, 15) is 13.2 Å². The van der Waals surface area contributed by atoms with Crippen molar-refractivity contribution in [1.82, 2.24) is 0 Å². The Morgan fingerprint density at radius 3 is 2.38 bits per heavy atom. The van der Waals surface area contributed by atoms with Gasteiger partial charge in [0.15, 0.2) is 0 Å². The summed E-state index contributed by atoms with van der Waals surface area (Å²) in [5, 5.41) is 17.8. The van der Waals surface area contributed by atoms with E-state index in [0.29, 0.717) is 6.07 Å². The van der Waals surface area contributed by atoms with Crippen LogP contribution in [0, 0.1) is 0 Å². The maximum atomic E-state index is 12.6. The maximum absolute atomic E-state index is 12.6. The summed E-state index contributed by atoms with van der Waals surface area (Å²) < 4.78 is 37.9. The van der Waals surface area contributed by atoms with Crippen molar-refractivity contribution in [2.45, 2.75) is 19.0 Å². The minimum atomic E-state index is -4.58. The highest BCUT2D eigenvalue weighted by atomic mass is 35.5. The summed E-state index contributed by atoms with van der Waals surface area (Å²) in [4.78, 5) is 0. The van der Waals surface area contributed by atoms with Gasteiger partial charge in [-0.15, -0.1) is 0 Å². The summed E-state index contributed by atoms with van der Waals surface area (Å²) in [6.07, 6.45) is -4.58. The molecule has 90 valence electrons. The Labute approximate surface area is 95.3 Å². The number of aromatic hydroxyl groups is 1. The number of alkyl halides is 3. The molecule has 1 aromatic carbocycles. The molecule has 16 heavy (non-hydrogen) atoms. The molecule has 0 aromatic heterocycles. The van der Waals surface area contributed by atoms with E-state index in [0.717, 1.165) is 6.07 Å². The smallest absolute Gasteiger partial charge is 0.416 e. The molecule has 0 amide bonds. The van der Waals surface area contributed by atoms with E-state index in [2.05, 4.69) is 0 Å². The molecular weight excluding hydrogens is 245 g/mol. The normalized spacial score (nSPS) is 13.9. The highest BCUT2D eigenvalue weighted by Crippen LogP contribution is 2.39. The van der Waals surface area contributed by atoms with Crippen molar-refractivity contribution < 1.29 is 23.4 Å². The van der Waals surface area contributed by atoms with E-state index in [1.165, 1.54) is 6.92 Å². The van der Waals surface area contributed by atoms with Crippen molar-refractivity contribution in [3.05, 3.63) is 28.3 Å². The van der Waals surface area contributed by atoms with E-state index >= 15 is 0 Å². The number of aliphatic hydroxyl groups excluding tert-OH is 1. The Kier molecular flexibility index (Phi) is 3.70. The van der Waals surface area contributed by atoms with Crippen molar-refractivity contribution in [3.63, 3.8) is 0 Å². The largest absolute Gasteiger partial charge is 0.506 e. The molecule has 0 radical (unpaired) electrons. The van der Waals surface area contributed by atoms with Crippen LogP contribution in [0.4, 0.5) is 13.2 Å². The highest BCUT2D eigenvalue weighted by Gasteiger charge is 2.35. The number of benzene rings is 1. The zero-order valence-corrected chi connectivity index (χ0v) is 9.10. The van der Waals surface area contributed by atoms with Gasteiger partial charge in [-0.3, -0.25) is 0 Å². The van der Waals surface area contributed by atoms with Crippen molar-refractivity contribution >= 4 is 11.6 Å². The first-order valence-corrected chi connectivity index (χ1v) is 4.85. The average molecular weight is 255 g/mol. The number of hydrogen-bond acceptors (Lipinski definition) is 2. The first-order chi connectivity index (χ1) is 7.27. The van der Waals surface area contributed by atoms with Gasteiger partial charge >= 0.3 is 6.18 Å². The van der Waals surface area contributed by atoms with Crippen molar-refractivity contribution in [3.8, 4) is 5.75 Å². The molecule has 2 nitrogen and oxygen atoms in total. The third-order valence-electron chi connectivity index (χ3n) is 2.23. The fourth-order valence-electron chi connectivity index (χ4n) is 1.33. The lowest BCUT2D eigenvalue weighted by Crippen LogP contribution is -2.12. The maximum Gasteiger partial charge on any atom is 0.416 e. The minimum Gasteiger partial charge on any atom is -0.506 e. The molecule has 2 N–H and O–H groups in total. The second kappa shape index (κ2) is 4.51. The fourth-order valence-corrected chi connectivity index (χ4v) is 1.50. The molecule has 0 saturated heterocycles. The molecule has 6 heteroatoms. The third-order valence-corrected chi connectivity index (χ3v) is 2.53. The summed E-state index contributed by atoms with van der Waals surface area (Å²) in [7, 11) is 0. The molecule has 1 atom stereocenters. The zero-order chi connectivity index (χ0) is 12.5. The van der Waals surface area contributed by atoms with Crippen LogP contribution < -0.4 is 0 Å². The third kappa shape index (κ3) is 2.59. The average Bonchev–Trinajstić information content (AvgIpc) is 2.18. The number of phenolic OH excluding ortho intramolecular Hbond substituents is 1. The van der Waals surface area contributed by atoms with Gasteiger partial charge in [0.05, 0.1) is 10.6 Å². The van der Waals surface area contributed by atoms with E-state index in [-0.39, 0.29) is 10.6 Å². The molecule has 0 aliphatic heterocycles. The van der Waals surface area contributed by atoms with Crippen molar-refractivity contribution in [2.24, 2.45) is 0 Å². The van der Waals surface area contributed by atoms with Gasteiger partial charge in [-0.05, 0) is 17.7 Å². The van der Waals surface area contributed by atoms with Crippen LogP contribution in [0.25, 0.3) is 0 Å². The van der Waals surface area contributed by atoms with Crippen LogP contribution in [0.2, 0.25) is 5.02 Å². The predicted molar refractivity (Wildman–Crippen MR) is 53.6 cm³/mol. The Morgan fingerprint density at radius 1 is 1.38 bits per heavy atom. The standard InChI is InChI=1S/C10H10ClF3O2/c1-5(4-15)6-2-8(11)9(16)3-7(6)10(12,13)14/h2-3,5,15-16H,4H2,1H3. The second-order valence-electron chi connectivity index (χ2n) is 3.47. The molecule has 1 unspecified atom stereocenters. The van der Waals surface area contributed by atoms with Gasteiger partial charge in [0.2, 0.25) is 0 Å². The summed E-state index contributed by atoms with van der Waals surface area (Å²) in [6.45, 7) is 1.02. The van der Waals surface area contributed by atoms with E-state index in [1.807, 2.05) is 0 Å². The van der Waals surface area contributed by atoms with Crippen molar-refractivity contribution in [2.75, 3.05) is 6.61 Å². The van der Waals surface area contributed by atoms with E-state index < -0.39 is 30.0 Å². The van der Waals surface area contributed by atoms with Gasteiger partial charge in [0, 0.05) is 12.5 Å². The second-order valence-corrected chi connectivity index (χ2v) is 3.88. The van der Waals surface area contributed by atoms with Gasteiger partial charge in [-0.1, -0.05) is 18.5 Å². The first kappa shape index (κ1) is 13.1. The lowest BCUT2D eigenvalue weighted by molar-refractivity contribution is -0.138. The topological polar surface area (TPSA) is 40.5 Å². The molecule has 0 aliphatic carbocycles. The SMILES string of the molecule is CC(CO)c1cc(Cl)c(O)cc1C(F)(F)F. The predicted octanol–water partition coefficient (Wildman–Crippen LogP) is 3.16. The number of rotatable bonds is 2. The number of halogens is 4. The Morgan fingerprint density at radius 2 is 1.94 bits per heavy atom. The Bertz CT molecular complexity index is 390. The molecule has 0 fully saturated rings. The fraction of sp³-hybridized carbons (Fsp3) is 0.400. The minimum absolute atomic E-state index is 0.127. The monoisotopic (exact) mass is 254 g/mol. The van der Waals surface area contributed by atoms with Gasteiger partial charge < -0.3 is 10.2 Å². The summed E-state index contributed by atoms with van der Waals surface area (Å²) in [5.41, 5.74) is -1.10. The van der Waals surface area contributed by atoms with E-state index in [4.69, 9.17) is 21.8 Å². The van der Waals surface area contributed by atoms with Gasteiger partial charge in [-0.2, -0.15) is 13.2 Å². The summed E-state index contributed by atoms with van der Waals surface area (Å²) in [5.74, 6) is -1.32. The zero-order valence-electron chi connectivity index (χ0n) is 8.35. The Hall–Kier alpha value is -0.940. The molecule has 0 aliphatic rings. The molecule has 0 saturated carbocycles. The summed E-state index contributed by atoms with van der Waals surface area (Å²) >= 11 is 5.54.